The second kappa shape index (κ2) is 9.11. The van der Waals surface area contributed by atoms with Gasteiger partial charge in [-0.1, -0.05) is 0 Å². The first-order chi connectivity index (χ1) is 13.2. The fourth-order valence-corrected chi connectivity index (χ4v) is 2.75. The number of rotatable bonds is 6. The summed E-state index contributed by atoms with van der Waals surface area (Å²) in [7, 11) is 0. The van der Waals surface area contributed by atoms with E-state index in [0.29, 0.717) is 24.5 Å². The molecule has 1 fully saturated rings. The number of amides is 2. The lowest BCUT2D eigenvalue weighted by Gasteiger charge is -2.29. The highest BCUT2D eigenvalue weighted by Gasteiger charge is 2.21. The Balaban J connectivity index is 1.58. The number of aliphatic hydroxyl groups is 1. The summed E-state index contributed by atoms with van der Waals surface area (Å²) in [4.78, 5) is 30.6. The van der Waals surface area contributed by atoms with Gasteiger partial charge in [0.1, 0.15) is 6.04 Å². The molecule has 0 bridgehead atoms. The van der Waals surface area contributed by atoms with Crippen molar-refractivity contribution in [3.05, 3.63) is 54.4 Å². The smallest absolute Gasteiger partial charge is 0.252 e. The molecule has 0 spiro atoms. The van der Waals surface area contributed by atoms with Gasteiger partial charge in [-0.25, -0.2) is 0 Å². The largest absolute Gasteiger partial charge is 0.394 e. The summed E-state index contributed by atoms with van der Waals surface area (Å²) < 4.78 is 5.34. The van der Waals surface area contributed by atoms with E-state index >= 15 is 0 Å². The van der Waals surface area contributed by atoms with Crippen LogP contribution in [0.3, 0.4) is 0 Å². The number of nitrogens with zero attached hydrogens (tertiary/aromatic N) is 2. The molecule has 1 aromatic carbocycles. The van der Waals surface area contributed by atoms with E-state index in [2.05, 4.69) is 20.5 Å². The molecular weight excluding hydrogens is 348 g/mol. The van der Waals surface area contributed by atoms with Crippen LogP contribution in [-0.2, 0) is 9.53 Å². The molecule has 0 saturated carbocycles. The van der Waals surface area contributed by atoms with Crippen LogP contribution in [-0.4, -0.2) is 60.9 Å². The van der Waals surface area contributed by atoms with Gasteiger partial charge in [-0.15, -0.1) is 0 Å². The van der Waals surface area contributed by atoms with Crippen molar-refractivity contribution in [2.24, 2.45) is 0 Å². The van der Waals surface area contributed by atoms with E-state index < -0.39 is 24.5 Å². The number of aromatic nitrogens is 1. The van der Waals surface area contributed by atoms with Gasteiger partial charge >= 0.3 is 0 Å². The van der Waals surface area contributed by atoms with Crippen LogP contribution < -0.4 is 15.5 Å². The van der Waals surface area contributed by atoms with Gasteiger partial charge < -0.3 is 25.4 Å². The van der Waals surface area contributed by atoms with Crippen molar-refractivity contribution in [3.63, 3.8) is 0 Å². The number of hydrogen-bond acceptors (Lipinski definition) is 6. The topological polar surface area (TPSA) is 104 Å². The molecule has 1 saturated heterocycles. The molecule has 0 unspecified atom stereocenters. The molecule has 27 heavy (non-hydrogen) atoms. The Labute approximate surface area is 157 Å². The van der Waals surface area contributed by atoms with Crippen LogP contribution in [0.15, 0.2) is 48.8 Å². The van der Waals surface area contributed by atoms with Gasteiger partial charge in [-0.3, -0.25) is 14.6 Å². The predicted octanol–water partition coefficient (Wildman–Crippen LogP) is 0.648. The van der Waals surface area contributed by atoms with Crippen molar-refractivity contribution < 1.29 is 19.4 Å². The molecule has 2 heterocycles. The lowest BCUT2D eigenvalue weighted by atomic mass is 10.2. The Bertz CT molecular complexity index is 761. The maximum Gasteiger partial charge on any atom is 0.252 e. The molecule has 0 aliphatic carbocycles. The van der Waals surface area contributed by atoms with E-state index in [0.717, 1.165) is 18.8 Å². The summed E-state index contributed by atoms with van der Waals surface area (Å²) in [6.07, 6.45) is 2.97. The van der Waals surface area contributed by atoms with E-state index in [9.17, 15) is 14.7 Å². The SMILES string of the molecule is O=C(N[C@@H](CO)C(=O)Nc1ccc(N2CCOCC2)cc1)c1ccncc1. The third kappa shape index (κ3) is 5.02. The molecule has 2 aromatic rings. The maximum absolute atomic E-state index is 12.4. The third-order valence-corrected chi connectivity index (χ3v) is 4.26. The summed E-state index contributed by atoms with van der Waals surface area (Å²) in [5.74, 6) is -0.937. The van der Waals surface area contributed by atoms with Crippen molar-refractivity contribution in [2.75, 3.05) is 43.1 Å². The van der Waals surface area contributed by atoms with E-state index in [1.165, 1.54) is 24.5 Å². The number of benzene rings is 1. The fourth-order valence-electron chi connectivity index (χ4n) is 2.75. The first kappa shape index (κ1) is 18.8. The highest BCUT2D eigenvalue weighted by Crippen LogP contribution is 2.19. The number of carbonyl (C=O) groups excluding carboxylic acids is 2. The van der Waals surface area contributed by atoms with Gasteiger partial charge in [0.2, 0.25) is 5.91 Å². The van der Waals surface area contributed by atoms with Gasteiger partial charge in [0, 0.05) is 42.4 Å². The van der Waals surface area contributed by atoms with E-state index in [1.54, 1.807) is 12.1 Å². The normalized spacial score (nSPS) is 15.1. The Kier molecular flexibility index (Phi) is 6.35. The number of aliphatic hydroxyl groups excluding tert-OH is 1. The average molecular weight is 370 g/mol. The lowest BCUT2D eigenvalue weighted by Crippen LogP contribution is -2.46. The van der Waals surface area contributed by atoms with Gasteiger partial charge in [0.05, 0.1) is 19.8 Å². The van der Waals surface area contributed by atoms with E-state index in [1.807, 2.05) is 12.1 Å². The van der Waals surface area contributed by atoms with Crippen LogP contribution in [0.1, 0.15) is 10.4 Å². The molecule has 142 valence electrons. The first-order valence-corrected chi connectivity index (χ1v) is 8.73. The van der Waals surface area contributed by atoms with Crippen molar-refractivity contribution >= 4 is 23.2 Å². The Hall–Kier alpha value is -2.97. The van der Waals surface area contributed by atoms with Crippen LogP contribution >= 0.6 is 0 Å². The van der Waals surface area contributed by atoms with E-state index in [4.69, 9.17) is 4.74 Å². The quantitative estimate of drug-likeness (QED) is 0.690. The second-order valence-electron chi connectivity index (χ2n) is 6.08. The first-order valence-electron chi connectivity index (χ1n) is 8.73. The van der Waals surface area contributed by atoms with Gasteiger partial charge in [0.25, 0.3) is 5.91 Å². The van der Waals surface area contributed by atoms with Gasteiger partial charge in [0.15, 0.2) is 0 Å². The third-order valence-electron chi connectivity index (χ3n) is 4.26. The number of hydrogen-bond donors (Lipinski definition) is 3. The summed E-state index contributed by atoms with van der Waals surface area (Å²) in [6, 6.07) is 9.45. The maximum atomic E-state index is 12.4. The van der Waals surface area contributed by atoms with Crippen LogP contribution in [0.25, 0.3) is 0 Å². The molecule has 8 heteroatoms. The van der Waals surface area contributed by atoms with Gasteiger partial charge in [-0.2, -0.15) is 0 Å². The van der Waals surface area contributed by atoms with Gasteiger partial charge in [-0.05, 0) is 36.4 Å². The molecule has 3 N–H and O–H groups in total. The molecule has 1 aliphatic heterocycles. The van der Waals surface area contributed by atoms with Crippen molar-refractivity contribution in [2.45, 2.75) is 6.04 Å². The molecule has 1 aliphatic rings. The minimum absolute atomic E-state index is 0.367. The number of nitrogens with one attached hydrogen (secondary N) is 2. The Morgan fingerprint density at radius 2 is 1.78 bits per heavy atom. The van der Waals surface area contributed by atoms with E-state index in [-0.39, 0.29) is 0 Å². The average Bonchev–Trinajstić information content (AvgIpc) is 2.73. The number of anilines is 2. The monoisotopic (exact) mass is 370 g/mol. The predicted molar refractivity (Wildman–Crippen MR) is 101 cm³/mol. The highest BCUT2D eigenvalue weighted by atomic mass is 16.5. The number of pyridine rings is 1. The molecule has 0 radical (unpaired) electrons. The van der Waals surface area contributed by atoms with Crippen molar-refractivity contribution in [3.8, 4) is 0 Å². The number of ether oxygens (including phenoxy) is 1. The molecular formula is C19H22N4O4. The summed E-state index contributed by atoms with van der Waals surface area (Å²) in [6.45, 7) is 2.56. The summed E-state index contributed by atoms with van der Waals surface area (Å²) in [5.41, 5.74) is 2.01. The molecule has 8 nitrogen and oxygen atoms in total. The van der Waals surface area contributed by atoms with Crippen LogP contribution in [0.5, 0.6) is 0 Å². The molecule has 3 rings (SSSR count). The lowest BCUT2D eigenvalue weighted by molar-refractivity contribution is -0.118. The standard InChI is InChI=1S/C19H22N4O4/c24-13-17(22-18(25)14-5-7-20-8-6-14)19(26)21-15-1-3-16(4-2-15)23-9-11-27-12-10-23/h1-8,17,24H,9-13H2,(H,21,26)(H,22,25)/t17-/m0/s1. The van der Waals surface area contributed by atoms with Crippen LogP contribution in [0, 0.1) is 0 Å². The highest BCUT2D eigenvalue weighted by molar-refractivity contribution is 6.01. The van der Waals surface area contributed by atoms with Crippen molar-refractivity contribution in [1.82, 2.24) is 10.3 Å². The minimum atomic E-state index is -1.05. The molecule has 1 aromatic heterocycles. The fraction of sp³-hybridized carbons (Fsp3) is 0.316. The zero-order chi connectivity index (χ0) is 19.1. The number of carbonyl (C=O) groups is 2. The minimum Gasteiger partial charge on any atom is -0.394 e. The zero-order valence-electron chi connectivity index (χ0n) is 14.8. The number of morpholine rings is 1. The molecule has 1 atom stereocenters. The van der Waals surface area contributed by atoms with Crippen LogP contribution in [0.2, 0.25) is 0 Å². The van der Waals surface area contributed by atoms with Crippen molar-refractivity contribution in [1.29, 1.82) is 0 Å². The zero-order valence-corrected chi connectivity index (χ0v) is 14.8. The second-order valence-corrected chi connectivity index (χ2v) is 6.08. The summed E-state index contributed by atoms with van der Waals surface area (Å²) >= 11 is 0. The molecule has 2 amide bonds. The summed E-state index contributed by atoms with van der Waals surface area (Å²) in [5, 5.41) is 14.7. The Morgan fingerprint density at radius 3 is 2.41 bits per heavy atom. The van der Waals surface area contributed by atoms with Crippen LogP contribution in [0.4, 0.5) is 11.4 Å². The Morgan fingerprint density at radius 1 is 1.11 bits per heavy atom.